The van der Waals surface area contributed by atoms with E-state index in [9.17, 15) is 0 Å². The third-order valence-electron chi connectivity index (χ3n) is 3.36. The Kier molecular flexibility index (Phi) is 5.34. The maximum absolute atomic E-state index is 5.89. The molecule has 1 heteroatoms. The van der Waals surface area contributed by atoms with Crippen molar-refractivity contribution in [3.05, 3.63) is 102 Å². The normalized spacial score (nSPS) is 9.17. The smallest absolute Gasteiger partial charge is 0.135 e. The van der Waals surface area contributed by atoms with Crippen molar-refractivity contribution >= 4 is 0 Å². The van der Waals surface area contributed by atoms with Gasteiger partial charge in [-0.2, -0.15) is 0 Å². The molecule has 114 valence electrons. The topological polar surface area (TPSA) is 9.23 Å². The molecule has 0 atom stereocenters. The average Bonchev–Trinajstić information content (AvgIpc) is 2.66. The van der Waals surface area contributed by atoms with Crippen LogP contribution < -0.4 is 4.74 Å². The van der Waals surface area contributed by atoms with Crippen molar-refractivity contribution in [2.45, 2.75) is 6.61 Å². The molecule has 0 N–H and O–H groups in total. The highest BCUT2D eigenvalue weighted by atomic mass is 16.5. The third-order valence-corrected chi connectivity index (χ3v) is 3.36. The fourth-order valence-corrected chi connectivity index (χ4v) is 2.15. The Morgan fingerprint density at radius 3 is 2.04 bits per heavy atom. The van der Waals surface area contributed by atoms with E-state index in [0.717, 1.165) is 22.4 Å². The second-order valence-corrected chi connectivity index (χ2v) is 5.14. The third kappa shape index (κ3) is 4.54. The van der Waals surface area contributed by atoms with Gasteiger partial charge < -0.3 is 4.74 Å². The summed E-state index contributed by atoms with van der Waals surface area (Å²) in [5, 5.41) is 0. The number of para-hydroxylation sites is 1. The molecule has 0 radical (unpaired) electrons. The molecule has 0 aliphatic heterocycles. The van der Waals surface area contributed by atoms with Crippen LogP contribution in [0.3, 0.4) is 0 Å². The van der Waals surface area contributed by atoms with E-state index in [1.165, 1.54) is 0 Å². The first-order valence-electron chi connectivity index (χ1n) is 7.75. The van der Waals surface area contributed by atoms with E-state index < -0.39 is 0 Å². The second kappa shape index (κ2) is 8.28. The second-order valence-electron chi connectivity index (χ2n) is 5.14. The zero-order chi connectivity index (χ0) is 16.5. The first-order valence-corrected chi connectivity index (χ1v) is 7.75. The van der Waals surface area contributed by atoms with Gasteiger partial charge in [0.2, 0.25) is 0 Å². The highest BCUT2D eigenvalue weighted by Crippen LogP contribution is 2.18. The molecular formula is C23H16O. The van der Waals surface area contributed by atoms with Crippen molar-refractivity contribution in [2.75, 3.05) is 0 Å². The molecule has 0 heterocycles. The molecular weight excluding hydrogens is 292 g/mol. The molecule has 24 heavy (non-hydrogen) atoms. The molecule has 0 bridgehead atoms. The van der Waals surface area contributed by atoms with Crippen LogP contribution in [-0.2, 0) is 6.61 Å². The van der Waals surface area contributed by atoms with Gasteiger partial charge in [-0.15, -0.1) is 0 Å². The number of benzene rings is 3. The fraction of sp³-hybridized carbons (Fsp3) is 0.0435. The van der Waals surface area contributed by atoms with E-state index in [0.29, 0.717) is 6.61 Å². The van der Waals surface area contributed by atoms with E-state index in [-0.39, 0.29) is 0 Å². The lowest BCUT2D eigenvalue weighted by atomic mass is 10.2. The Morgan fingerprint density at radius 2 is 1.25 bits per heavy atom. The summed E-state index contributed by atoms with van der Waals surface area (Å²) in [6.45, 7) is 0.523. The summed E-state index contributed by atoms with van der Waals surface area (Å²) in [6.07, 6.45) is 0. The molecule has 0 saturated carbocycles. The Balaban J connectivity index is 1.71. The van der Waals surface area contributed by atoms with Crippen LogP contribution in [0.25, 0.3) is 0 Å². The monoisotopic (exact) mass is 308 g/mol. The minimum absolute atomic E-state index is 0.523. The maximum Gasteiger partial charge on any atom is 0.135 e. The van der Waals surface area contributed by atoms with Crippen molar-refractivity contribution in [2.24, 2.45) is 0 Å². The quantitative estimate of drug-likeness (QED) is 0.639. The molecule has 1 nitrogen and oxygen atoms in total. The highest BCUT2D eigenvalue weighted by molar-refractivity contribution is 5.50. The number of rotatable bonds is 3. The summed E-state index contributed by atoms with van der Waals surface area (Å²) in [6, 6.07) is 27.7. The van der Waals surface area contributed by atoms with Crippen LogP contribution in [0.15, 0.2) is 84.9 Å². The number of ether oxygens (including phenoxy) is 1. The minimum atomic E-state index is 0.523. The SMILES string of the molecule is C(C#Cc1ccccc1OCc1ccccc1)#Cc1ccccc1. The summed E-state index contributed by atoms with van der Waals surface area (Å²) in [5.74, 6) is 12.7. The van der Waals surface area contributed by atoms with Gasteiger partial charge in [-0.3, -0.25) is 0 Å². The first-order chi connectivity index (χ1) is 11.9. The molecule has 0 spiro atoms. The van der Waals surface area contributed by atoms with E-state index in [1.54, 1.807) is 0 Å². The predicted octanol–water partition coefficient (Wildman–Crippen LogP) is 4.67. The van der Waals surface area contributed by atoms with Crippen LogP contribution in [0.2, 0.25) is 0 Å². The van der Waals surface area contributed by atoms with Crippen LogP contribution in [0.1, 0.15) is 16.7 Å². The van der Waals surface area contributed by atoms with Gasteiger partial charge >= 0.3 is 0 Å². The molecule has 0 amide bonds. The largest absolute Gasteiger partial charge is 0.488 e. The van der Waals surface area contributed by atoms with Gasteiger partial charge in [-0.25, -0.2) is 0 Å². The Hall–Kier alpha value is -3.42. The lowest BCUT2D eigenvalue weighted by Crippen LogP contribution is -1.96. The summed E-state index contributed by atoms with van der Waals surface area (Å²) < 4.78 is 5.89. The molecule has 0 aliphatic carbocycles. The van der Waals surface area contributed by atoms with Gasteiger partial charge in [-0.05, 0) is 47.6 Å². The lowest BCUT2D eigenvalue weighted by molar-refractivity contribution is 0.305. The first kappa shape index (κ1) is 15.5. The molecule has 3 aromatic rings. The predicted molar refractivity (Wildman–Crippen MR) is 97.4 cm³/mol. The summed E-state index contributed by atoms with van der Waals surface area (Å²) in [4.78, 5) is 0. The van der Waals surface area contributed by atoms with Crippen LogP contribution in [0.5, 0.6) is 5.75 Å². The maximum atomic E-state index is 5.89. The van der Waals surface area contributed by atoms with Gasteiger partial charge in [0.25, 0.3) is 0 Å². The molecule has 3 rings (SSSR count). The lowest BCUT2D eigenvalue weighted by Gasteiger charge is -2.07. The zero-order valence-electron chi connectivity index (χ0n) is 13.2. The number of hydrogen-bond acceptors (Lipinski definition) is 1. The van der Waals surface area contributed by atoms with E-state index in [4.69, 9.17) is 4.74 Å². The molecule has 0 unspecified atom stereocenters. The highest BCUT2D eigenvalue weighted by Gasteiger charge is 2.00. The fourth-order valence-electron chi connectivity index (χ4n) is 2.15. The average molecular weight is 308 g/mol. The summed E-state index contributed by atoms with van der Waals surface area (Å²) >= 11 is 0. The molecule has 0 saturated heterocycles. The standard InChI is InChI=1S/C23H16O/c1-3-11-20(12-4-1)13-7-8-16-22-17-9-10-18-23(22)24-19-21-14-5-2-6-15-21/h1-6,9-12,14-15,17-18H,19H2. The van der Waals surface area contributed by atoms with Crippen LogP contribution in [-0.4, -0.2) is 0 Å². The molecule has 3 aromatic carbocycles. The zero-order valence-corrected chi connectivity index (χ0v) is 13.2. The minimum Gasteiger partial charge on any atom is -0.488 e. The van der Waals surface area contributed by atoms with Gasteiger partial charge in [0.1, 0.15) is 12.4 Å². The van der Waals surface area contributed by atoms with Crippen LogP contribution in [0.4, 0.5) is 0 Å². The van der Waals surface area contributed by atoms with Crippen molar-refractivity contribution in [3.8, 4) is 29.4 Å². The van der Waals surface area contributed by atoms with Crippen molar-refractivity contribution < 1.29 is 4.74 Å². The molecule has 0 aliphatic rings. The van der Waals surface area contributed by atoms with Crippen molar-refractivity contribution in [3.63, 3.8) is 0 Å². The van der Waals surface area contributed by atoms with Gasteiger partial charge in [0.05, 0.1) is 5.56 Å². The van der Waals surface area contributed by atoms with Gasteiger partial charge in [0, 0.05) is 5.56 Å². The van der Waals surface area contributed by atoms with Crippen LogP contribution in [0, 0.1) is 23.7 Å². The van der Waals surface area contributed by atoms with Crippen molar-refractivity contribution in [1.82, 2.24) is 0 Å². The van der Waals surface area contributed by atoms with Gasteiger partial charge in [-0.1, -0.05) is 66.6 Å². The van der Waals surface area contributed by atoms with Crippen molar-refractivity contribution in [1.29, 1.82) is 0 Å². The van der Waals surface area contributed by atoms with Gasteiger partial charge in [0.15, 0.2) is 0 Å². The molecule has 0 aromatic heterocycles. The van der Waals surface area contributed by atoms with E-state index in [2.05, 4.69) is 23.7 Å². The van der Waals surface area contributed by atoms with E-state index in [1.807, 2.05) is 84.9 Å². The summed E-state index contributed by atoms with van der Waals surface area (Å²) in [7, 11) is 0. The van der Waals surface area contributed by atoms with E-state index >= 15 is 0 Å². The summed E-state index contributed by atoms with van der Waals surface area (Å²) in [5.41, 5.74) is 2.93. The Bertz CT molecular complexity index is 904. The molecule has 0 fully saturated rings. The Labute approximate surface area is 142 Å². The Morgan fingerprint density at radius 1 is 0.625 bits per heavy atom. The number of hydrogen-bond donors (Lipinski definition) is 0. The van der Waals surface area contributed by atoms with Crippen LogP contribution >= 0.6 is 0 Å².